The van der Waals surface area contributed by atoms with Gasteiger partial charge in [-0.1, -0.05) is 0 Å². The molecule has 0 amide bonds. The van der Waals surface area contributed by atoms with E-state index in [2.05, 4.69) is 17.1 Å². The average molecular weight is 265 g/mol. The number of ether oxygens (including phenoxy) is 1. The van der Waals surface area contributed by atoms with Gasteiger partial charge in [0.1, 0.15) is 0 Å². The van der Waals surface area contributed by atoms with E-state index >= 15 is 0 Å². The van der Waals surface area contributed by atoms with Gasteiger partial charge in [0.2, 0.25) is 0 Å². The van der Waals surface area contributed by atoms with E-state index in [1.54, 1.807) is 19.1 Å². The molecule has 5 heteroatoms. The van der Waals surface area contributed by atoms with Crippen molar-refractivity contribution in [1.29, 1.82) is 0 Å². The first-order valence-corrected chi connectivity index (χ1v) is 6.42. The highest BCUT2D eigenvalue weighted by atomic mass is 16.5. The van der Waals surface area contributed by atoms with Crippen LogP contribution in [0.15, 0.2) is 18.2 Å². The third-order valence-electron chi connectivity index (χ3n) is 2.60. The number of likely N-dealkylation sites (N-methyl/N-ethyl adjacent to an activating group) is 1. The average Bonchev–Trinajstić information content (AvgIpc) is 2.31. The summed E-state index contributed by atoms with van der Waals surface area (Å²) >= 11 is 0. The van der Waals surface area contributed by atoms with Crippen LogP contribution in [0.5, 0.6) is 0 Å². The van der Waals surface area contributed by atoms with Crippen LogP contribution in [0.1, 0.15) is 24.2 Å². The third-order valence-corrected chi connectivity index (χ3v) is 2.60. The predicted molar refractivity (Wildman–Crippen MR) is 78.4 cm³/mol. The summed E-state index contributed by atoms with van der Waals surface area (Å²) < 4.78 is 4.93. The highest BCUT2D eigenvalue weighted by Gasteiger charge is 2.10. The molecule has 0 spiro atoms. The lowest BCUT2D eigenvalue weighted by atomic mass is 10.1. The summed E-state index contributed by atoms with van der Waals surface area (Å²) in [5.41, 5.74) is 7.82. The fraction of sp³-hybridized carbons (Fsp3) is 0.500. The molecule has 0 saturated heterocycles. The van der Waals surface area contributed by atoms with Crippen molar-refractivity contribution in [3.8, 4) is 0 Å². The van der Waals surface area contributed by atoms with Crippen LogP contribution < -0.4 is 11.1 Å². The zero-order chi connectivity index (χ0) is 14.4. The zero-order valence-corrected chi connectivity index (χ0v) is 12.1. The Morgan fingerprint density at radius 3 is 2.68 bits per heavy atom. The number of hydrogen-bond acceptors (Lipinski definition) is 5. The molecule has 5 nitrogen and oxygen atoms in total. The van der Waals surface area contributed by atoms with Crippen LogP contribution in [0.25, 0.3) is 0 Å². The molecule has 1 rings (SSSR count). The molecular formula is C14H23N3O2. The summed E-state index contributed by atoms with van der Waals surface area (Å²) in [7, 11) is 4.04. The molecule has 1 aromatic rings. The molecule has 0 saturated carbocycles. The molecule has 0 aliphatic carbocycles. The van der Waals surface area contributed by atoms with E-state index in [-0.39, 0.29) is 12.0 Å². The summed E-state index contributed by atoms with van der Waals surface area (Å²) in [4.78, 5) is 13.7. The summed E-state index contributed by atoms with van der Waals surface area (Å²) in [5, 5.41) is 3.32. The van der Waals surface area contributed by atoms with Crippen molar-refractivity contribution in [2.24, 2.45) is 0 Å². The summed E-state index contributed by atoms with van der Waals surface area (Å²) in [6.45, 7) is 5.12. The molecule has 0 radical (unpaired) electrons. The van der Waals surface area contributed by atoms with E-state index in [1.165, 1.54) is 0 Å². The first-order valence-electron chi connectivity index (χ1n) is 6.42. The number of carbonyl (C=O) groups is 1. The maximum atomic E-state index is 11.6. The molecule has 0 aromatic heterocycles. The minimum atomic E-state index is -0.345. The molecule has 1 aromatic carbocycles. The van der Waals surface area contributed by atoms with E-state index in [4.69, 9.17) is 10.5 Å². The van der Waals surface area contributed by atoms with Crippen LogP contribution in [-0.4, -0.2) is 44.2 Å². The first kappa shape index (κ1) is 15.3. The molecule has 3 N–H and O–H groups in total. The third kappa shape index (κ3) is 4.79. The number of anilines is 2. The van der Waals surface area contributed by atoms with Crippen LogP contribution >= 0.6 is 0 Å². The molecule has 0 aliphatic heterocycles. The minimum Gasteiger partial charge on any atom is -0.462 e. The van der Waals surface area contributed by atoms with Crippen LogP contribution in [0.2, 0.25) is 0 Å². The quantitative estimate of drug-likeness (QED) is 0.606. The van der Waals surface area contributed by atoms with Crippen molar-refractivity contribution in [3.05, 3.63) is 23.8 Å². The summed E-state index contributed by atoms with van der Waals surface area (Å²) in [6, 6.07) is 5.45. The van der Waals surface area contributed by atoms with Crippen molar-refractivity contribution in [2.75, 3.05) is 38.3 Å². The van der Waals surface area contributed by atoms with Gasteiger partial charge in [-0.05, 0) is 46.1 Å². The molecule has 0 fully saturated rings. The highest BCUT2D eigenvalue weighted by Crippen LogP contribution is 2.21. The SMILES string of the molecule is CCOC(=O)c1ccc(NC(C)CN(C)C)c(N)c1. The topological polar surface area (TPSA) is 67.6 Å². The second-order valence-electron chi connectivity index (χ2n) is 4.83. The van der Waals surface area contributed by atoms with Crippen molar-refractivity contribution >= 4 is 17.3 Å². The first-order chi connectivity index (χ1) is 8.93. The number of benzene rings is 1. The monoisotopic (exact) mass is 265 g/mol. The standard InChI is InChI=1S/C14H23N3O2/c1-5-19-14(18)11-6-7-13(12(15)8-11)16-10(2)9-17(3)4/h6-8,10,16H,5,9,15H2,1-4H3. The molecule has 1 unspecified atom stereocenters. The number of nitrogens with one attached hydrogen (secondary N) is 1. The summed E-state index contributed by atoms with van der Waals surface area (Å²) in [6.07, 6.45) is 0. The van der Waals surface area contributed by atoms with Gasteiger partial charge in [0.15, 0.2) is 0 Å². The van der Waals surface area contributed by atoms with E-state index in [0.29, 0.717) is 17.9 Å². The number of esters is 1. The van der Waals surface area contributed by atoms with Gasteiger partial charge in [-0.2, -0.15) is 0 Å². The number of nitrogens with zero attached hydrogens (tertiary/aromatic N) is 1. The van der Waals surface area contributed by atoms with E-state index in [1.807, 2.05) is 20.2 Å². The van der Waals surface area contributed by atoms with Crippen LogP contribution in [-0.2, 0) is 4.74 Å². The molecule has 1 atom stereocenters. The number of nitrogen functional groups attached to an aromatic ring is 1. The lowest BCUT2D eigenvalue weighted by Crippen LogP contribution is -2.29. The normalized spacial score (nSPS) is 12.3. The van der Waals surface area contributed by atoms with E-state index in [9.17, 15) is 4.79 Å². The van der Waals surface area contributed by atoms with Crippen molar-refractivity contribution in [2.45, 2.75) is 19.9 Å². The fourth-order valence-electron chi connectivity index (χ4n) is 1.89. The largest absolute Gasteiger partial charge is 0.462 e. The summed E-state index contributed by atoms with van der Waals surface area (Å²) in [5.74, 6) is -0.345. The van der Waals surface area contributed by atoms with E-state index in [0.717, 1.165) is 12.2 Å². The zero-order valence-electron chi connectivity index (χ0n) is 12.1. The Kier molecular flexibility index (Phi) is 5.63. The van der Waals surface area contributed by atoms with Crippen LogP contribution in [0, 0.1) is 0 Å². The maximum absolute atomic E-state index is 11.6. The van der Waals surface area contributed by atoms with E-state index < -0.39 is 0 Å². The molecule has 19 heavy (non-hydrogen) atoms. The van der Waals surface area contributed by atoms with Gasteiger partial charge in [0.05, 0.1) is 23.5 Å². The Hall–Kier alpha value is -1.75. The van der Waals surface area contributed by atoms with Gasteiger partial charge in [-0.15, -0.1) is 0 Å². The van der Waals surface area contributed by atoms with Crippen molar-refractivity contribution < 1.29 is 9.53 Å². The molecule has 0 bridgehead atoms. The van der Waals surface area contributed by atoms with Gasteiger partial charge < -0.3 is 20.7 Å². The molecule has 106 valence electrons. The minimum absolute atomic E-state index is 0.269. The lowest BCUT2D eigenvalue weighted by molar-refractivity contribution is 0.0526. The Morgan fingerprint density at radius 2 is 2.16 bits per heavy atom. The number of rotatable bonds is 6. The van der Waals surface area contributed by atoms with Crippen molar-refractivity contribution in [3.63, 3.8) is 0 Å². The maximum Gasteiger partial charge on any atom is 0.338 e. The van der Waals surface area contributed by atoms with Gasteiger partial charge >= 0.3 is 5.97 Å². The number of hydrogen-bond donors (Lipinski definition) is 2. The predicted octanol–water partition coefficient (Wildman–Crippen LogP) is 1.81. The lowest BCUT2D eigenvalue weighted by Gasteiger charge is -2.20. The van der Waals surface area contributed by atoms with Gasteiger partial charge in [0, 0.05) is 12.6 Å². The Bertz CT molecular complexity index is 433. The Balaban J connectivity index is 2.74. The second-order valence-corrected chi connectivity index (χ2v) is 4.83. The molecule has 0 heterocycles. The second kappa shape index (κ2) is 6.99. The van der Waals surface area contributed by atoms with Crippen LogP contribution in [0.3, 0.4) is 0 Å². The van der Waals surface area contributed by atoms with Gasteiger partial charge in [-0.3, -0.25) is 0 Å². The Morgan fingerprint density at radius 1 is 1.47 bits per heavy atom. The fourth-order valence-corrected chi connectivity index (χ4v) is 1.89. The van der Waals surface area contributed by atoms with Crippen molar-refractivity contribution in [1.82, 2.24) is 4.90 Å². The Labute approximate surface area is 114 Å². The highest BCUT2D eigenvalue weighted by molar-refractivity contribution is 5.91. The van der Waals surface area contributed by atoms with Gasteiger partial charge in [0.25, 0.3) is 0 Å². The number of carbonyl (C=O) groups excluding carboxylic acids is 1. The smallest absolute Gasteiger partial charge is 0.338 e. The number of nitrogens with two attached hydrogens (primary N) is 1. The van der Waals surface area contributed by atoms with Crippen LogP contribution in [0.4, 0.5) is 11.4 Å². The molecular weight excluding hydrogens is 242 g/mol. The molecule has 0 aliphatic rings. The van der Waals surface area contributed by atoms with Gasteiger partial charge in [-0.25, -0.2) is 4.79 Å².